The van der Waals surface area contributed by atoms with E-state index in [0.717, 1.165) is 5.82 Å². The van der Waals surface area contributed by atoms with Crippen molar-refractivity contribution in [2.45, 2.75) is 25.3 Å². The van der Waals surface area contributed by atoms with Crippen LogP contribution < -0.4 is 5.32 Å². The highest BCUT2D eigenvalue weighted by Gasteiger charge is 2.25. The average Bonchev–Trinajstić information content (AvgIpc) is 3.19. The van der Waals surface area contributed by atoms with Crippen LogP contribution in [-0.2, 0) is 6.42 Å². The average molecular weight is 271 g/mol. The zero-order chi connectivity index (χ0) is 13.9. The van der Waals surface area contributed by atoms with E-state index in [-0.39, 0.29) is 5.56 Å². The van der Waals surface area contributed by atoms with Crippen molar-refractivity contribution in [2.75, 3.05) is 11.9 Å². The Labute approximate surface area is 116 Å². The molecule has 6 heteroatoms. The van der Waals surface area contributed by atoms with Gasteiger partial charge in [-0.3, -0.25) is 0 Å². The molecule has 2 aromatic rings. The highest BCUT2D eigenvalue weighted by molar-refractivity contribution is 5.57. The summed E-state index contributed by atoms with van der Waals surface area (Å²) in [6.45, 7) is 0.587. The molecule has 20 heavy (non-hydrogen) atoms. The monoisotopic (exact) mass is 271 g/mol. The molecule has 1 aliphatic rings. The summed E-state index contributed by atoms with van der Waals surface area (Å²) in [5, 5.41) is 20.1. The third kappa shape index (κ3) is 2.48. The maximum atomic E-state index is 13.4. The minimum Gasteiger partial charge on any atom is -0.383 e. The number of nitrogens with zero attached hydrogens (tertiary/aromatic N) is 4. The lowest BCUT2D eigenvalue weighted by Gasteiger charge is -2.09. The highest BCUT2D eigenvalue weighted by Crippen LogP contribution is 2.35. The summed E-state index contributed by atoms with van der Waals surface area (Å²) in [7, 11) is 0. The second-order valence-corrected chi connectivity index (χ2v) is 4.84. The molecule has 0 saturated heterocycles. The standard InChI is InChI=1S/C14H14FN5/c15-12-2-1-3-13(11(12)8-16)17-7-6-14-19-18-9-20(14)10-4-5-10/h1-3,9-10,17H,4-7H2. The lowest BCUT2D eigenvalue weighted by molar-refractivity contribution is 0.624. The number of benzene rings is 1. The topological polar surface area (TPSA) is 66.5 Å². The lowest BCUT2D eigenvalue weighted by atomic mass is 10.2. The molecule has 1 heterocycles. The quantitative estimate of drug-likeness (QED) is 0.906. The Kier molecular flexibility index (Phi) is 3.33. The molecule has 5 nitrogen and oxygen atoms in total. The Balaban J connectivity index is 1.64. The molecule has 0 spiro atoms. The van der Waals surface area contributed by atoms with Gasteiger partial charge in [0.1, 0.15) is 29.6 Å². The van der Waals surface area contributed by atoms with Crippen LogP contribution in [0.2, 0.25) is 0 Å². The summed E-state index contributed by atoms with van der Waals surface area (Å²) < 4.78 is 15.5. The first-order valence-corrected chi connectivity index (χ1v) is 6.60. The van der Waals surface area contributed by atoms with E-state index in [2.05, 4.69) is 20.1 Å². The smallest absolute Gasteiger partial charge is 0.143 e. The fourth-order valence-corrected chi connectivity index (χ4v) is 2.20. The lowest BCUT2D eigenvalue weighted by Crippen LogP contribution is -2.10. The number of halogens is 1. The van der Waals surface area contributed by atoms with Crippen LogP contribution in [0.4, 0.5) is 10.1 Å². The summed E-state index contributed by atoms with van der Waals surface area (Å²) in [6.07, 6.45) is 4.82. The minimum absolute atomic E-state index is 0.0520. The summed E-state index contributed by atoms with van der Waals surface area (Å²) in [5.41, 5.74) is 0.571. The Morgan fingerprint density at radius 3 is 3.05 bits per heavy atom. The van der Waals surface area contributed by atoms with Gasteiger partial charge in [0.05, 0.1) is 5.69 Å². The molecule has 0 radical (unpaired) electrons. The van der Waals surface area contributed by atoms with E-state index in [9.17, 15) is 4.39 Å². The van der Waals surface area contributed by atoms with Gasteiger partial charge in [-0.25, -0.2) is 4.39 Å². The Morgan fingerprint density at radius 1 is 1.45 bits per heavy atom. The van der Waals surface area contributed by atoms with Crippen molar-refractivity contribution in [3.05, 3.63) is 41.7 Å². The number of anilines is 1. The van der Waals surface area contributed by atoms with Gasteiger partial charge < -0.3 is 9.88 Å². The van der Waals surface area contributed by atoms with Crippen LogP contribution in [0, 0.1) is 17.1 Å². The van der Waals surface area contributed by atoms with Crippen LogP contribution in [0.1, 0.15) is 30.3 Å². The Hall–Kier alpha value is -2.42. The molecule has 3 rings (SSSR count). The van der Waals surface area contributed by atoms with Gasteiger partial charge in [-0.2, -0.15) is 5.26 Å². The van der Waals surface area contributed by atoms with Crippen molar-refractivity contribution in [1.82, 2.24) is 14.8 Å². The molecule has 1 fully saturated rings. The third-order valence-electron chi connectivity index (χ3n) is 3.38. The van der Waals surface area contributed by atoms with Gasteiger partial charge in [-0.15, -0.1) is 10.2 Å². The second kappa shape index (κ2) is 5.29. The van der Waals surface area contributed by atoms with E-state index in [1.54, 1.807) is 18.5 Å². The highest BCUT2D eigenvalue weighted by atomic mass is 19.1. The number of rotatable bonds is 5. The van der Waals surface area contributed by atoms with E-state index in [4.69, 9.17) is 5.26 Å². The maximum absolute atomic E-state index is 13.4. The first-order valence-electron chi connectivity index (χ1n) is 6.60. The molecular formula is C14H14FN5. The number of aromatic nitrogens is 3. The van der Waals surface area contributed by atoms with Crippen molar-refractivity contribution in [3.63, 3.8) is 0 Å². The largest absolute Gasteiger partial charge is 0.383 e. The van der Waals surface area contributed by atoms with Crippen LogP contribution in [-0.4, -0.2) is 21.3 Å². The number of nitrogens with one attached hydrogen (secondary N) is 1. The van der Waals surface area contributed by atoms with Crippen molar-refractivity contribution in [1.29, 1.82) is 5.26 Å². The summed E-state index contributed by atoms with van der Waals surface area (Å²) in [5.74, 6) is 0.425. The van der Waals surface area contributed by atoms with E-state index in [0.29, 0.717) is 24.7 Å². The normalized spacial score (nSPS) is 14.0. The maximum Gasteiger partial charge on any atom is 0.143 e. The van der Waals surface area contributed by atoms with Gasteiger partial charge in [-0.1, -0.05) is 6.07 Å². The molecule has 1 aromatic heterocycles. The van der Waals surface area contributed by atoms with E-state index in [1.807, 2.05) is 6.07 Å². The fourth-order valence-electron chi connectivity index (χ4n) is 2.20. The molecule has 1 N–H and O–H groups in total. The third-order valence-corrected chi connectivity index (χ3v) is 3.38. The molecule has 0 bridgehead atoms. The van der Waals surface area contributed by atoms with Gasteiger partial charge in [-0.05, 0) is 25.0 Å². The molecule has 1 aromatic carbocycles. The van der Waals surface area contributed by atoms with E-state index in [1.165, 1.54) is 18.9 Å². The Bertz CT molecular complexity index is 654. The molecule has 1 aliphatic carbocycles. The molecule has 0 atom stereocenters. The van der Waals surface area contributed by atoms with Gasteiger partial charge in [0, 0.05) is 19.0 Å². The van der Waals surface area contributed by atoms with Crippen LogP contribution in [0.3, 0.4) is 0 Å². The SMILES string of the molecule is N#Cc1c(F)cccc1NCCc1nncn1C1CC1. The van der Waals surface area contributed by atoms with Gasteiger partial charge in [0.2, 0.25) is 0 Å². The minimum atomic E-state index is -0.501. The number of nitriles is 1. The van der Waals surface area contributed by atoms with Crippen molar-refractivity contribution in [3.8, 4) is 6.07 Å². The van der Waals surface area contributed by atoms with Crippen molar-refractivity contribution >= 4 is 5.69 Å². The zero-order valence-electron chi connectivity index (χ0n) is 10.9. The van der Waals surface area contributed by atoms with Crippen molar-refractivity contribution < 1.29 is 4.39 Å². The summed E-state index contributed by atoms with van der Waals surface area (Å²) >= 11 is 0. The molecule has 1 saturated carbocycles. The molecule has 102 valence electrons. The summed E-state index contributed by atoms with van der Waals surface area (Å²) in [6, 6.07) is 7.00. The van der Waals surface area contributed by atoms with Gasteiger partial charge >= 0.3 is 0 Å². The predicted octanol–water partition coefficient (Wildman–Crippen LogP) is 2.28. The fraction of sp³-hybridized carbons (Fsp3) is 0.357. The molecule has 0 amide bonds. The first-order chi connectivity index (χ1) is 9.79. The van der Waals surface area contributed by atoms with Gasteiger partial charge in [0.15, 0.2) is 0 Å². The van der Waals surface area contributed by atoms with Crippen LogP contribution in [0.5, 0.6) is 0 Å². The first kappa shape index (κ1) is 12.6. The van der Waals surface area contributed by atoms with E-state index < -0.39 is 5.82 Å². The molecule has 0 unspecified atom stereocenters. The predicted molar refractivity (Wildman–Crippen MR) is 71.6 cm³/mol. The zero-order valence-corrected chi connectivity index (χ0v) is 10.9. The van der Waals surface area contributed by atoms with Crippen LogP contribution in [0.15, 0.2) is 24.5 Å². The Morgan fingerprint density at radius 2 is 2.30 bits per heavy atom. The number of hydrogen-bond donors (Lipinski definition) is 1. The van der Waals surface area contributed by atoms with Crippen LogP contribution in [0.25, 0.3) is 0 Å². The number of hydrogen-bond acceptors (Lipinski definition) is 4. The summed E-state index contributed by atoms with van der Waals surface area (Å²) in [4.78, 5) is 0. The van der Waals surface area contributed by atoms with E-state index >= 15 is 0 Å². The molecule has 0 aliphatic heterocycles. The van der Waals surface area contributed by atoms with Crippen molar-refractivity contribution in [2.24, 2.45) is 0 Å². The molecular weight excluding hydrogens is 257 g/mol. The van der Waals surface area contributed by atoms with Crippen LogP contribution >= 0.6 is 0 Å². The second-order valence-electron chi connectivity index (χ2n) is 4.84. The van der Waals surface area contributed by atoms with Gasteiger partial charge in [0.25, 0.3) is 0 Å².